The van der Waals surface area contributed by atoms with Gasteiger partial charge in [-0.1, -0.05) is 0 Å². The standard InChI is InChI=1S/C10H14O7.C8H14O4.C5H8O2/c1-6(11)4-15-5-9(13)16-7(2)10(14)17-8(3)12;1-7(9)5-11-3-4-12-6-8(2)10;1-4(6)3-5(2)7/h7H,4-5H2,1-3H3;3-6H2,1-2H3;3H2,1-2H3. The second-order valence-corrected chi connectivity index (χ2v) is 7.33. The summed E-state index contributed by atoms with van der Waals surface area (Å²) < 4.78 is 23.3. The minimum atomic E-state index is -1.20. The van der Waals surface area contributed by atoms with E-state index in [1.165, 1.54) is 41.5 Å². The first-order valence-corrected chi connectivity index (χ1v) is 10.7. The first-order chi connectivity index (χ1) is 16.6. The van der Waals surface area contributed by atoms with Gasteiger partial charge in [0.25, 0.3) is 0 Å². The molecule has 0 fully saturated rings. The van der Waals surface area contributed by atoms with Crippen molar-refractivity contribution < 1.29 is 62.0 Å². The number of hydrogen-bond acceptors (Lipinski definition) is 13. The summed E-state index contributed by atoms with van der Waals surface area (Å²) >= 11 is 0. The molecule has 13 nitrogen and oxygen atoms in total. The lowest BCUT2D eigenvalue weighted by molar-refractivity contribution is -0.174. The number of carbonyl (C=O) groups is 8. The molecule has 1 atom stereocenters. The second kappa shape index (κ2) is 23.6. The molecular weight excluding hydrogens is 484 g/mol. The third kappa shape index (κ3) is 35.4. The highest BCUT2D eigenvalue weighted by atomic mass is 16.6. The second-order valence-electron chi connectivity index (χ2n) is 7.33. The number of Topliss-reactive ketones (excluding diaryl/α,β-unsaturated/α-hetero) is 5. The SMILES string of the molecule is CC(=O)CC(C)=O.CC(=O)COCC(=O)OC(C)C(=O)OC(C)=O.CC(=O)COCCOCC(C)=O. The van der Waals surface area contributed by atoms with Gasteiger partial charge in [-0.15, -0.1) is 0 Å². The van der Waals surface area contributed by atoms with Crippen LogP contribution in [0.2, 0.25) is 0 Å². The molecule has 0 aromatic rings. The molecule has 206 valence electrons. The highest BCUT2D eigenvalue weighted by Gasteiger charge is 2.20. The molecule has 0 aliphatic heterocycles. The van der Waals surface area contributed by atoms with E-state index in [1.54, 1.807) is 0 Å². The van der Waals surface area contributed by atoms with Crippen LogP contribution in [-0.2, 0) is 62.0 Å². The van der Waals surface area contributed by atoms with Crippen molar-refractivity contribution in [2.75, 3.05) is 39.6 Å². The fourth-order valence-corrected chi connectivity index (χ4v) is 1.68. The van der Waals surface area contributed by atoms with Crippen LogP contribution in [0.25, 0.3) is 0 Å². The van der Waals surface area contributed by atoms with E-state index < -0.39 is 30.6 Å². The molecule has 0 rings (SSSR count). The van der Waals surface area contributed by atoms with Crippen molar-refractivity contribution in [3.63, 3.8) is 0 Å². The number of carbonyl (C=O) groups excluding carboxylic acids is 8. The monoisotopic (exact) mass is 520 g/mol. The van der Waals surface area contributed by atoms with E-state index in [0.29, 0.717) is 13.2 Å². The average molecular weight is 521 g/mol. The molecule has 13 heteroatoms. The molecule has 0 aromatic heterocycles. The lowest BCUT2D eigenvalue weighted by Crippen LogP contribution is -2.29. The summed E-state index contributed by atoms with van der Waals surface area (Å²) in [5, 5.41) is 0. The Labute approximate surface area is 210 Å². The Kier molecular flexibility index (Phi) is 24.5. The van der Waals surface area contributed by atoms with Gasteiger partial charge in [0.2, 0.25) is 0 Å². The molecule has 0 saturated carbocycles. The van der Waals surface area contributed by atoms with Gasteiger partial charge in [-0.3, -0.25) is 28.8 Å². The first-order valence-electron chi connectivity index (χ1n) is 10.7. The van der Waals surface area contributed by atoms with Crippen molar-refractivity contribution in [3.05, 3.63) is 0 Å². The molecule has 0 radical (unpaired) electrons. The van der Waals surface area contributed by atoms with Crippen LogP contribution in [0.4, 0.5) is 0 Å². The average Bonchev–Trinajstić information content (AvgIpc) is 2.69. The molecule has 0 aromatic carbocycles. The zero-order valence-corrected chi connectivity index (χ0v) is 21.8. The fraction of sp³-hybridized carbons (Fsp3) is 0.652. The Hall–Kier alpha value is -3.16. The lowest BCUT2D eigenvalue weighted by Gasteiger charge is -2.10. The first kappa shape index (κ1) is 37.4. The molecule has 0 aliphatic rings. The largest absolute Gasteiger partial charge is 0.449 e. The maximum atomic E-state index is 11.1. The van der Waals surface area contributed by atoms with Crippen LogP contribution >= 0.6 is 0 Å². The van der Waals surface area contributed by atoms with Crippen molar-refractivity contribution >= 4 is 46.8 Å². The Morgan fingerprint density at radius 2 is 0.944 bits per heavy atom. The molecule has 0 amide bonds. The van der Waals surface area contributed by atoms with Crippen molar-refractivity contribution in [3.8, 4) is 0 Å². The highest BCUT2D eigenvalue weighted by Crippen LogP contribution is 1.96. The Morgan fingerprint density at radius 1 is 0.556 bits per heavy atom. The van der Waals surface area contributed by atoms with Gasteiger partial charge in [0.1, 0.15) is 38.0 Å². The van der Waals surface area contributed by atoms with Gasteiger partial charge in [0.15, 0.2) is 23.5 Å². The summed E-state index contributed by atoms with van der Waals surface area (Å²) in [5.74, 6) is -2.95. The third-order valence-corrected chi connectivity index (χ3v) is 2.89. The maximum Gasteiger partial charge on any atom is 0.354 e. The van der Waals surface area contributed by atoms with Gasteiger partial charge in [-0.25, -0.2) is 9.59 Å². The molecular formula is C23H36O13. The van der Waals surface area contributed by atoms with Gasteiger partial charge in [0.05, 0.1) is 19.6 Å². The minimum Gasteiger partial charge on any atom is -0.449 e. The molecule has 0 spiro atoms. The van der Waals surface area contributed by atoms with Gasteiger partial charge in [-0.2, -0.15) is 0 Å². The van der Waals surface area contributed by atoms with Crippen molar-refractivity contribution in [1.82, 2.24) is 0 Å². The Morgan fingerprint density at radius 3 is 1.25 bits per heavy atom. The number of esters is 3. The summed E-state index contributed by atoms with van der Waals surface area (Å²) in [4.78, 5) is 83.9. The topological polar surface area (TPSA) is 183 Å². The van der Waals surface area contributed by atoms with E-state index in [1.807, 2.05) is 0 Å². The summed E-state index contributed by atoms with van der Waals surface area (Å²) in [6.45, 7) is 9.62. The molecule has 0 bridgehead atoms. The van der Waals surface area contributed by atoms with Crippen LogP contribution in [0.5, 0.6) is 0 Å². The fourth-order valence-electron chi connectivity index (χ4n) is 1.68. The lowest BCUT2D eigenvalue weighted by atomic mass is 10.2. The zero-order chi connectivity index (χ0) is 28.7. The van der Waals surface area contributed by atoms with Crippen LogP contribution in [0.3, 0.4) is 0 Å². The predicted molar refractivity (Wildman–Crippen MR) is 123 cm³/mol. The summed E-state index contributed by atoms with van der Waals surface area (Å²) in [7, 11) is 0. The number of hydrogen-bond donors (Lipinski definition) is 0. The van der Waals surface area contributed by atoms with Crippen molar-refractivity contribution in [2.45, 2.75) is 61.0 Å². The Bertz CT molecular complexity index is 725. The Balaban J connectivity index is -0.000000497. The molecule has 0 heterocycles. The van der Waals surface area contributed by atoms with Crippen LogP contribution in [0.15, 0.2) is 0 Å². The highest BCUT2D eigenvalue weighted by molar-refractivity contribution is 5.96. The van der Waals surface area contributed by atoms with E-state index in [2.05, 4.69) is 14.2 Å². The number of ether oxygens (including phenoxy) is 5. The molecule has 0 N–H and O–H groups in total. The van der Waals surface area contributed by atoms with Gasteiger partial charge in [0, 0.05) is 6.92 Å². The van der Waals surface area contributed by atoms with E-state index in [-0.39, 0.29) is 55.2 Å². The minimum absolute atomic E-state index is 0.0124. The summed E-state index contributed by atoms with van der Waals surface area (Å²) in [6, 6.07) is 0. The van der Waals surface area contributed by atoms with Crippen LogP contribution < -0.4 is 0 Å². The predicted octanol–water partition coefficient (Wildman–Crippen LogP) is 0.366. The van der Waals surface area contributed by atoms with E-state index in [9.17, 15) is 38.4 Å². The summed E-state index contributed by atoms with van der Waals surface area (Å²) in [5.41, 5.74) is 0. The van der Waals surface area contributed by atoms with Crippen LogP contribution in [-0.4, -0.2) is 92.6 Å². The normalized spacial score (nSPS) is 10.3. The molecule has 1 unspecified atom stereocenters. The van der Waals surface area contributed by atoms with E-state index in [4.69, 9.17) is 9.47 Å². The van der Waals surface area contributed by atoms with E-state index in [0.717, 1.165) is 6.92 Å². The molecule has 0 aliphatic carbocycles. The number of rotatable bonds is 15. The molecule has 36 heavy (non-hydrogen) atoms. The van der Waals surface area contributed by atoms with Crippen molar-refractivity contribution in [1.29, 1.82) is 0 Å². The van der Waals surface area contributed by atoms with Crippen molar-refractivity contribution in [2.24, 2.45) is 0 Å². The van der Waals surface area contributed by atoms with Gasteiger partial charge in [-0.05, 0) is 41.5 Å². The van der Waals surface area contributed by atoms with Crippen LogP contribution in [0, 0.1) is 0 Å². The van der Waals surface area contributed by atoms with Gasteiger partial charge >= 0.3 is 17.9 Å². The quantitative estimate of drug-likeness (QED) is 0.164. The van der Waals surface area contributed by atoms with Gasteiger partial charge < -0.3 is 23.7 Å². The zero-order valence-electron chi connectivity index (χ0n) is 21.8. The third-order valence-electron chi connectivity index (χ3n) is 2.89. The smallest absolute Gasteiger partial charge is 0.354 e. The number of ketones is 5. The maximum absolute atomic E-state index is 11.1. The summed E-state index contributed by atoms with van der Waals surface area (Å²) in [6.07, 6.45) is -1.12. The van der Waals surface area contributed by atoms with Crippen LogP contribution in [0.1, 0.15) is 54.9 Å². The van der Waals surface area contributed by atoms with E-state index >= 15 is 0 Å². The molecule has 0 saturated heterocycles.